The summed E-state index contributed by atoms with van der Waals surface area (Å²) in [5.41, 5.74) is 3.64. The summed E-state index contributed by atoms with van der Waals surface area (Å²) in [6.45, 7) is 5.07. The smallest absolute Gasteiger partial charge is 0.224 e. The Morgan fingerprint density at radius 2 is 1.88 bits per heavy atom. The summed E-state index contributed by atoms with van der Waals surface area (Å²) in [5.74, 6) is 0.135. The van der Waals surface area contributed by atoms with Gasteiger partial charge in [0.15, 0.2) is 0 Å². The summed E-state index contributed by atoms with van der Waals surface area (Å²) in [4.78, 5) is 14.8. The highest BCUT2D eigenvalue weighted by molar-refractivity contribution is 5.79. The quantitative estimate of drug-likeness (QED) is 0.916. The van der Waals surface area contributed by atoms with E-state index in [9.17, 15) is 4.79 Å². The Labute approximate surface area is 144 Å². The fraction of sp³-hybridized carbons (Fsp3) is 0.381. The number of nitrogens with one attached hydrogen (secondary N) is 1. The Balaban J connectivity index is 1.51. The minimum absolute atomic E-state index is 0.135. The van der Waals surface area contributed by atoms with Gasteiger partial charge in [0.2, 0.25) is 5.91 Å². The van der Waals surface area contributed by atoms with Crippen LogP contribution in [0.25, 0.3) is 0 Å². The molecule has 1 amide bonds. The van der Waals surface area contributed by atoms with Gasteiger partial charge in [-0.3, -0.25) is 9.69 Å². The number of nitrogens with zero attached hydrogens (tertiary/aromatic N) is 1. The number of likely N-dealkylation sites (tertiary alicyclic amines) is 1. The second kappa shape index (κ2) is 8.11. The third-order valence-electron chi connectivity index (χ3n) is 4.73. The largest absolute Gasteiger partial charge is 0.352 e. The molecule has 2 aromatic rings. The summed E-state index contributed by atoms with van der Waals surface area (Å²) in [6, 6.07) is 18.9. The zero-order valence-corrected chi connectivity index (χ0v) is 14.4. The van der Waals surface area contributed by atoms with Crippen LogP contribution in [-0.4, -0.2) is 29.9 Å². The van der Waals surface area contributed by atoms with E-state index in [0.717, 1.165) is 38.0 Å². The van der Waals surface area contributed by atoms with Crippen LogP contribution in [0, 0.1) is 6.92 Å². The van der Waals surface area contributed by atoms with E-state index >= 15 is 0 Å². The lowest BCUT2D eigenvalue weighted by atomic mass is 10.0. The van der Waals surface area contributed by atoms with Crippen LogP contribution in [0.5, 0.6) is 0 Å². The molecule has 0 radical (unpaired) electrons. The van der Waals surface area contributed by atoms with E-state index in [1.165, 1.54) is 11.1 Å². The van der Waals surface area contributed by atoms with Crippen molar-refractivity contribution in [3.05, 3.63) is 71.3 Å². The highest BCUT2D eigenvalue weighted by Gasteiger charge is 2.21. The van der Waals surface area contributed by atoms with Crippen molar-refractivity contribution in [1.29, 1.82) is 0 Å². The maximum atomic E-state index is 12.4. The summed E-state index contributed by atoms with van der Waals surface area (Å²) >= 11 is 0. The first-order chi connectivity index (χ1) is 11.7. The third-order valence-corrected chi connectivity index (χ3v) is 4.73. The molecule has 1 aliphatic heterocycles. The van der Waals surface area contributed by atoms with Crippen molar-refractivity contribution < 1.29 is 4.79 Å². The van der Waals surface area contributed by atoms with E-state index in [4.69, 9.17) is 0 Å². The molecular weight excluding hydrogens is 296 g/mol. The van der Waals surface area contributed by atoms with Crippen LogP contribution in [0.3, 0.4) is 0 Å². The number of carbonyl (C=O) groups is 1. The van der Waals surface area contributed by atoms with Crippen molar-refractivity contribution in [2.45, 2.75) is 38.8 Å². The van der Waals surface area contributed by atoms with Crippen molar-refractivity contribution in [2.75, 3.05) is 13.1 Å². The molecule has 1 aliphatic rings. The zero-order valence-electron chi connectivity index (χ0n) is 14.4. The molecule has 1 heterocycles. The molecule has 1 N–H and O–H groups in total. The van der Waals surface area contributed by atoms with Crippen LogP contribution >= 0.6 is 0 Å². The number of carbonyl (C=O) groups excluding carboxylic acids is 1. The van der Waals surface area contributed by atoms with E-state index < -0.39 is 0 Å². The van der Waals surface area contributed by atoms with Gasteiger partial charge in [0.25, 0.3) is 0 Å². The normalized spacial score (nSPS) is 18.3. The SMILES string of the molecule is Cc1ccccc1CC(=O)N[C@H]1CCCN(Cc2ccccc2)C1. The van der Waals surface area contributed by atoms with Crippen molar-refractivity contribution in [3.8, 4) is 0 Å². The third kappa shape index (κ3) is 4.68. The number of aryl methyl sites for hydroxylation is 1. The average molecular weight is 322 g/mol. The van der Waals surface area contributed by atoms with Gasteiger partial charge in [-0.25, -0.2) is 0 Å². The number of rotatable bonds is 5. The number of piperidine rings is 1. The Bertz CT molecular complexity index is 669. The number of benzene rings is 2. The van der Waals surface area contributed by atoms with Crippen LogP contribution in [0.1, 0.15) is 29.5 Å². The van der Waals surface area contributed by atoms with Gasteiger partial charge in [-0.2, -0.15) is 0 Å². The lowest BCUT2D eigenvalue weighted by Gasteiger charge is -2.33. The summed E-state index contributed by atoms with van der Waals surface area (Å²) < 4.78 is 0. The molecule has 1 fully saturated rings. The Morgan fingerprint density at radius 1 is 1.12 bits per heavy atom. The fourth-order valence-corrected chi connectivity index (χ4v) is 3.42. The highest BCUT2D eigenvalue weighted by Crippen LogP contribution is 2.14. The fourth-order valence-electron chi connectivity index (χ4n) is 3.42. The van der Waals surface area contributed by atoms with Crippen molar-refractivity contribution >= 4 is 5.91 Å². The van der Waals surface area contributed by atoms with Crippen molar-refractivity contribution in [1.82, 2.24) is 10.2 Å². The molecule has 126 valence electrons. The summed E-state index contributed by atoms with van der Waals surface area (Å²) in [7, 11) is 0. The van der Waals surface area contributed by atoms with Gasteiger partial charge in [-0.1, -0.05) is 54.6 Å². The molecule has 0 unspecified atom stereocenters. The maximum Gasteiger partial charge on any atom is 0.224 e. The summed E-state index contributed by atoms with van der Waals surface area (Å²) in [5, 5.41) is 3.23. The second-order valence-corrected chi connectivity index (χ2v) is 6.73. The first-order valence-corrected chi connectivity index (χ1v) is 8.81. The Kier molecular flexibility index (Phi) is 5.65. The van der Waals surface area contributed by atoms with Crippen LogP contribution < -0.4 is 5.32 Å². The molecule has 3 rings (SSSR count). The molecular formula is C21H26N2O. The molecule has 1 saturated heterocycles. The van der Waals surface area contributed by atoms with Gasteiger partial charge in [0, 0.05) is 19.1 Å². The van der Waals surface area contributed by atoms with Gasteiger partial charge >= 0.3 is 0 Å². The number of hydrogen-bond acceptors (Lipinski definition) is 2. The van der Waals surface area contributed by atoms with E-state index in [-0.39, 0.29) is 11.9 Å². The second-order valence-electron chi connectivity index (χ2n) is 6.73. The van der Waals surface area contributed by atoms with Gasteiger partial charge in [0.05, 0.1) is 6.42 Å². The lowest BCUT2D eigenvalue weighted by molar-refractivity contribution is -0.121. The molecule has 0 bridgehead atoms. The van der Waals surface area contributed by atoms with Gasteiger partial charge in [0.1, 0.15) is 0 Å². The molecule has 0 saturated carbocycles. The van der Waals surface area contributed by atoms with Crippen molar-refractivity contribution in [2.24, 2.45) is 0 Å². The monoisotopic (exact) mass is 322 g/mol. The van der Waals surface area contributed by atoms with Crippen LogP contribution in [0.15, 0.2) is 54.6 Å². The van der Waals surface area contributed by atoms with E-state index in [1.807, 2.05) is 24.3 Å². The van der Waals surface area contributed by atoms with Crippen molar-refractivity contribution in [3.63, 3.8) is 0 Å². The summed E-state index contributed by atoms with van der Waals surface area (Å²) in [6.07, 6.45) is 2.69. The van der Waals surface area contributed by atoms with Crippen LogP contribution in [0.4, 0.5) is 0 Å². The average Bonchev–Trinajstić information content (AvgIpc) is 2.58. The standard InChI is InChI=1S/C21H26N2O/c1-17-8-5-6-11-19(17)14-21(24)22-20-12-7-13-23(16-20)15-18-9-3-2-4-10-18/h2-6,8-11,20H,7,12-16H2,1H3,(H,22,24)/t20-/m0/s1. The Morgan fingerprint density at radius 3 is 2.67 bits per heavy atom. The predicted octanol–water partition coefficient (Wildman–Crippen LogP) is 3.32. The van der Waals surface area contributed by atoms with Crippen LogP contribution in [-0.2, 0) is 17.8 Å². The molecule has 2 aromatic carbocycles. The Hall–Kier alpha value is -2.13. The first kappa shape index (κ1) is 16.7. The minimum Gasteiger partial charge on any atom is -0.352 e. The first-order valence-electron chi connectivity index (χ1n) is 8.81. The van der Waals surface area contributed by atoms with E-state index in [2.05, 4.69) is 47.5 Å². The molecule has 3 heteroatoms. The topological polar surface area (TPSA) is 32.3 Å². The highest BCUT2D eigenvalue weighted by atomic mass is 16.1. The van der Waals surface area contributed by atoms with Gasteiger partial charge in [-0.05, 0) is 43.0 Å². The van der Waals surface area contributed by atoms with Gasteiger partial charge in [-0.15, -0.1) is 0 Å². The zero-order chi connectivity index (χ0) is 16.8. The van der Waals surface area contributed by atoms with Crippen LogP contribution in [0.2, 0.25) is 0 Å². The minimum atomic E-state index is 0.135. The molecule has 3 nitrogen and oxygen atoms in total. The maximum absolute atomic E-state index is 12.4. The van der Waals surface area contributed by atoms with E-state index in [0.29, 0.717) is 6.42 Å². The van der Waals surface area contributed by atoms with Gasteiger partial charge < -0.3 is 5.32 Å². The predicted molar refractivity (Wildman–Crippen MR) is 97.8 cm³/mol. The molecule has 0 aliphatic carbocycles. The molecule has 24 heavy (non-hydrogen) atoms. The van der Waals surface area contributed by atoms with E-state index in [1.54, 1.807) is 0 Å². The number of hydrogen-bond donors (Lipinski definition) is 1. The molecule has 1 atom stereocenters. The molecule has 0 aromatic heterocycles. The molecule has 0 spiro atoms. The number of amides is 1. The lowest BCUT2D eigenvalue weighted by Crippen LogP contribution is -2.47.